The van der Waals surface area contributed by atoms with E-state index in [0.717, 1.165) is 0 Å². The Kier molecular flexibility index (Phi) is 4.19. The highest BCUT2D eigenvalue weighted by molar-refractivity contribution is 5.76. The van der Waals surface area contributed by atoms with Crippen LogP contribution in [0.4, 0.5) is 0 Å². The van der Waals surface area contributed by atoms with Crippen molar-refractivity contribution in [3.63, 3.8) is 0 Å². The Morgan fingerprint density at radius 2 is 1.78 bits per heavy atom. The summed E-state index contributed by atoms with van der Waals surface area (Å²) in [6, 6.07) is 10.7. The van der Waals surface area contributed by atoms with Gasteiger partial charge in [0, 0.05) is 0 Å². The zero-order valence-corrected chi connectivity index (χ0v) is 11.7. The number of benzene rings is 1. The highest BCUT2D eigenvalue weighted by Crippen LogP contribution is 2.33. The zero-order chi connectivity index (χ0) is 13.0. The molecule has 0 nitrogen and oxygen atoms in total. The highest BCUT2D eigenvalue weighted by atomic mass is 14.2. The summed E-state index contributed by atoms with van der Waals surface area (Å²) in [6.07, 6.45) is 8.34. The molecule has 0 saturated heterocycles. The van der Waals surface area contributed by atoms with Crippen LogP contribution in [-0.2, 0) is 0 Å². The van der Waals surface area contributed by atoms with E-state index in [2.05, 4.69) is 63.3 Å². The van der Waals surface area contributed by atoms with E-state index in [1.165, 1.54) is 47.1 Å². The Labute approximate surface area is 111 Å². The fourth-order valence-electron chi connectivity index (χ4n) is 2.49. The van der Waals surface area contributed by atoms with Crippen molar-refractivity contribution in [2.24, 2.45) is 0 Å². The van der Waals surface area contributed by atoms with Crippen molar-refractivity contribution >= 4 is 5.57 Å². The molecular formula is C18H22. The fourth-order valence-corrected chi connectivity index (χ4v) is 2.49. The maximum absolute atomic E-state index is 2.30. The third-order valence-electron chi connectivity index (χ3n) is 3.75. The highest BCUT2D eigenvalue weighted by Gasteiger charge is 2.12. The van der Waals surface area contributed by atoms with Crippen LogP contribution in [0.5, 0.6) is 0 Å². The van der Waals surface area contributed by atoms with Crippen LogP contribution in [0.3, 0.4) is 0 Å². The molecule has 1 aliphatic carbocycles. The normalized spacial score (nSPS) is 17.5. The van der Waals surface area contributed by atoms with Gasteiger partial charge in [0.2, 0.25) is 0 Å². The van der Waals surface area contributed by atoms with Gasteiger partial charge in [-0.3, -0.25) is 0 Å². The van der Waals surface area contributed by atoms with E-state index < -0.39 is 0 Å². The molecule has 0 saturated carbocycles. The molecule has 0 radical (unpaired) electrons. The first kappa shape index (κ1) is 12.9. The van der Waals surface area contributed by atoms with Crippen molar-refractivity contribution in [3.8, 4) is 0 Å². The SMILES string of the molecule is CCCCC1=C(C)C(=C(C)c2ccccc2)C=C1. The molecule has 0 atom stereocenters. The Hall–Kier alpha value is -1.56. The number of rotatable bonds is 4. The monoisotopic (exact) mass is 238 g/mol. The molecule has 1 aliphatic rings. The third kappa shape index (κ3) is 2.64. The summed E-state index contributed by atoms with van der Waals surface area (Å²) in [7, 11) is 0. The minimum absolute atomic E-state index is 1.21. The number of hydrogen-bond donors (Lipinski definition) is 0. The second-order valence-corrected chi connectivity index (χ2v) is 4.99. The first-order valence-corrected chi connectivity index (χ1v) is 6.88. The van der Waals surface area contributed by atoms with Crippen LogP contribution >= 0.6 is 0 Å². The molecule has 0 bridgehead atoms. The molecule has 0 fully saturated rings. The third-order valence-corrected chi connectivity index (χ3v) is 3.75. The van der Waals surface area contributed by atoms with Crippen LogP contribution in [-0.4, -0.2) is 0 Å². The molecule has 0 heteroatoms. The molecule has 0 spiro atoms. The molecule has 0 N–H and O–H groups in total. The number of hydrogen-bond acceptors (Lipinski definition) is 0. The summed E-state index contributed by atoms with van der Waals surface area (Å²) in [5.74, 6) is 0. The standard InChI is InChI=1S/C18H22/c1-4-5-9-17-12-13-18(15(17)3)14(2)16-10-7-6-8-11-16/h6-8,10-13H,4-5,9H2,1-3H3. The van der Waals surface area contributed by atoms with Gasteiger partial charge in [-0.1, -0.05) is 55.8 Å². The summed E-state index contributed by atoms with van der Waals surface area (Å²) < 4.78 is 0. The Bertz CT molecular complexity index is 498. The van der Waals surface area contributed by atoms with Crippen LogP contribution in [0.15, 0.2) is 59.2 Å². The van der Waals surface area contributed by atoms with Crippen molar-refractivity contribution in [2.45, 2.75) is 40.0 Å². The zero-order valence-electron chi connectivity index (χ0n) is 11.7. The van der Waals surface area contributed by atoms with Crippen LogP contribution in [0.1, 0.15) is 45.6 Å². The lowest BCUT2D eigenvalue weighted by molar-refractivity contribution is 0.795. The molecule has 18 heavy (non-hydrogen) atoms. The van der Waals surface area contributed by atoms with Crippen molar-refractivity contribution in [1.29, 1.82) is 0 Å². The lowest BCUT2D eigenvalue weighted by Crippen LogP contribution is -1.88. The average molecular weight is 238 g/mol. The van der Waals surface area contributed by atoms with E-state index in [0.29, 0.717) is 0 Å². The lowest BCUT2D eigenvalue weighted by atomic mass is 9.96. The van der Waals surface area contributed by atoms with Gasteiger partial charge in [0.05, 0.1) is 0 Å². The van der Waals surface area contributed by atoms with Gasteiger partial charge >= 0.3 is 0 Å². The summed E-state index contributed by atoms with van der Waals surface area (Å²) in [6.45, 7) is 6.73. The van der Waals surface area contributed by atoms with E-state index >= 15 is 0 Å². The molecule has 0 heterocycles. The smallest absolute Gasteiger partial charge is 0.0189 e. The second kappa shape index (κ2) is 5.86. The molecular weight excluding hydrogens is 216 g/mol. The first-order valence-electron chi connectivity index (χ1n) is 6.88. The topological polar surface area (TPSA) is 0 Å². The van der Waals surface area contributed by atoms with E-state index in [9.17, 15) is 0 Å². The van der Waals surface area contributed by atoms with Crippen LogP contribution in [0, 0.1) is 0 Å². The number of allylic oxidation sites excluding steroid dienone is 6. The molecule has 0 amide bonds. The fraction of sp³-hybridized carbons (Fsp3) is 0.333. The molecule has 0 aliphatic heterocycles. The maximum atomic E-state index is 2.30. The van der Waals surface area contributed by atoms with Crippen LogP contribution < -0.4 is 0 Å². The van der Waals surface area contributed by atoms with Gasteiger partial charge in [0.25, 0.3) is 0 Å². The molecule has 0 aromatic heterocycles. The van der Waals surface area contributed by atoms with Crippen molar-refractivity contribution in [3.05, 3.63) is 64.8 Å². The van der Waals surface area contributed by atoms with Crippen molar-refractivity contribution in [2.75, 3.05) is 0 Å². The summed E-state index contributed by atoms with van der Waals surface area (Å²) in [4.78, 5) is 0. The van der Waals surface area contributed by atoms with Gasteiger partial charge in [-0.25, -0.2) is 0 Å². The van der Waals surface area contributed by atoms with E-state index in [1.807, 2.05) is 0 Å². The van der Waals surface area contributed by atoms with E-state index in [4.69, 9.17) is 0 Å². The lowest BCUT2D eigenvalue weighted by Gasteiger charge is -2.08. The van der Waals surface area contributed by atoms with Crippen LogP contribution in [0.2, 0.25) is 0 Å². The second-order valence-electron chi connectivity index (χ2n) is 4.99. The molecule has 2 rings (SSSR count). The molecule has 94 valence electrons. The largest absolute Gasteiger partial charge is 0.0654 e. The maximum Gasteiger partial charge on any atom is -0.0189 e. The number of unbranched alkanes of at least 4 members (excludes halogenated alkanes) is 1. The first-order chi connectivity index (χ1) is 8.74. The predicted octanol–water partition coefficient (Wildman–Crippen LogP) is 5.54. The van der Waals surface area contributed by atoms with E-state index in [1.54, 1.807) is 0 Å². The van der Waals surface area contributed by atoms with E-state index in [-0.39, 0.29) is 0 Å². The Morgan fingerprint density at radius 1 is 1.06 bits per heavy atom. The minimum Gasteiger partial charge on any atom is -0.0654 e. The molecule has 0 unspecified atom stereocenters. The van der Waals surface area contributed by atoms with Gasteiger partial charge in [-0.05, 0) is 54.5 Å². The van der Waals surface area contributed by atoms with Gasteiger partial charge in [0.15, 0.2) is 0 Å². The van der Waals surface area contributed by atoms with Crippen molar-refractivity contribution in [1.82, 2.24) is 0 Å². The predicted molar refractivity (Wildman–Crippen MR) is 80.4 cm³/mol. The summed E-state index contributed by atoms with van der Waals surface area (Å²) in [5.41, 5.74) is 7.10. The van der Waals surface area contributed by atoms with Crippen LogP contribution in [0.25, 0.3) is 5.57 Å². The van der Waals surface area contributed by atoms with Gasteiger partial charge in [-0.15, -0.1) is 0 Å². The molecule has 1 aromatic carbocycles. The Balaban J connectivity index is 2.30. The summed E-state index contributed by atoms with van der Waals surface area (Å²) in [5, 5.41) is 0. The average Bonchev–Trinajstić information content (AvgIpc) is 2.78. The minimum atomic E-state index is 1.21. The van der Waals surface area contributed by atoms with Gasteiger partial charge in [-0.2, -0.15) is 0 Å². The van der Waals surface area contributed by atoms with Crippen molar-refractivity contribution < 1.29 is 0 Å². The Morgan fingerprint density at radius 3 is 2.44 bits per heavy atom. The van der Waals surface area contributed by atoms with Gasteiger partial charge < -0.3 is 0 Å². The molecule has 1 aromatic rings. The van der Waals surface area contributed by atoms with Gasteiger partial charge in [0.1, 0.15) is 0 Å². The quantitative estimate of drug-likeness (QED) is 0.646. The summed E-state index contributed by atoms with van der Waals surface area (Å²) >= 11 is 0.